The number of ether oxygens (including phenoxy) is 1. The molecule has 6 heteroatoms. The van der Waals surface area contributed by atoms with Gasteiger partial charge >= 0.3 is 0 Å². The van der Waals surface area contributed by atoms with E-state index in [4.69, 9.17) is 20.1 Å². The third kappa shape index (κ3) is 2.32. The Morgan fingerprint density at radius 1 is 1.42 bits per heavy atom. The van der Waals surface area contributed by atoms with Crippen molar-refractivity contribution in [1.82, 2.24) is 10.1 Å². The molecule has 1 aliphatic rings. The molecule has 1 aliphatic heterocycles. The van der Waals surface area contributed by atoms with Crippen LogP contribution in [0.25, 0.3) is 0 Å². The highest BCUT2D eigenvalue weighted by molar-refractivity contribution is 5.36. The Morgan fingerprint density at radius 3 is 3.11 bits per heavy atom. The van der Waals surface area contributed by atoms with Crippen molar-refractivity contribution in [3.05, 3.63) is 41.5 Å². The minimum absolute atomic E-state index is 0.0540. The fraction of sp³-hybridized carbons (Fsp3) is 0.385. The highest BCUT2D eigenvalue weighted by atomic mass is 16.5. The third-order valence-electron chi connectivity index (χ3n) is 3.22. The van der Waals surface area contributed by atoms with Gasteiger partial charge in [0.15, 0.2) is 5.82 Å². The molecule has 0 fully saturated rings. The quantitative estimate of drug-likeness (QED) is 0.848. The van der Waals surface area contributed by atoms with Gasteiger partial charge in [-0.3, -0.25) is 0 Å². The molecule has 2 atom stereocenters. The highest BCUT2D eigenvalue weighted by Crippen LogP contribution is 2.31. The summed E-state index contributed by atoms with van der Waals surface area (Å²) in [6, 6.07) is 7.29. The van der Waals surface area contributed by atoms with Gasteiger partial charge in [0.05, 0.1) is 19.1 Å². The zero-order valence-electron chi connectivity index (χ0n) is 10.3. The Hall–Kier alpha value is -1.92. The van der Waals surface area contributed by atoms with Gasteiger partial charge in [-0.2, -0.15) is 4.98 Å². The minimum atomic E-state index is -0.627. The average molecular weight is 261 g/mol. The van der Waals surface area contributed by atoms with Gasteiger partial charge in [0, 0.05) is 0 Å². The van der Waals surface area contributed by atoms with Crippen molar-refractivity contribution in [3.63, 3.8) is 0 Å². The summed E-state index contributed by atoms with van der Waals surface area (Å²) in [5.41, 5.74) is 6.77. The number of hydrogen-bond donors (Lipinski definition) is 2. The molecule has 3 N–H and O–H groups in total. The Labute approximate surface area is 110 Å². The van der Waals surface area contributed by atoms with Crippen LogP contribution in [0.3, 0.4) is 0 Å². The molecular formula is C13H15N3O3. The van der Waals surface area contributed by atoms with Gasteiger partial charge in [-0.25, -0.2) is 0 Å². The molecule has 0 spiro atoms. The van der Waals surface area contributed by atoms with Gasteiger partial charge < -0.3 is 20.1 Å². The lowest BCUT2D eigenvalue weighted by Gasteiger charge is -2.22. The Morgan fingerprint density at radius 2 is 2.26 bits per heavy atom. The number of hydrogen-bond acceptors (Lipinski definition) is 6. The first kappa shape index (κ1) is 12.1. The first-order chi connectivity index (χ1) is 9.28. The summed E-state index contributed by atoms with van der Waals surface area (Å²) in [4.78, 5) is 4.23. The molecule has 2 aromatic rings. The van der Waals surface area contributed by atoms with Gasteiger partial charge in [0.1, 0.15) is 11.8 Å². The first-order valence-corrected chi connectivity index (χ1v) is 6.18. The molecule has 0 bridgehead atoms. The smallest absolute Gasteiger partial charge is 0.245 e. The van der Waals surface area contributed by atoms with E-state index >= 15 is 0 Å². The Bertz CT molecular complexity index is 570. The summed E-state index contributed by atoms with van der Waals surface area (Å²) >= 11 is 0. The van der Waals surface area contributed by atoms with Crippen molar-refractivity contribution in [2.75, 3.05) is 13.2 Å². The summed E-state index contributed by atoms with van der Waals surface area (Å²) in [6.07, 6.45) is 0.809. The maximum absolute atomic E-state index is 8.96. The summed E-state index contributed by atoms with van der Waals surface area (Å²) in [5.74, 6) is 1.80. The van der Waals surface area contributed by atoms with E-state index in [-0.39, 0.29) is 18.4 Å². The molecule has 2 heterocycles. The summed E-state index contributed by atoms with van der Waals surface area (Å²) in [5, 5.41) is 12.9. The highest BCUT2D eigenvalue weighted by Gasteiger charge is 2.26. The van der Waals surface area contributed by atoms with Crippen LogP contribution in [0.5, 0.6) is 5.75 Å². The van der Waals surface area contributed by atoms with E-state index in [0.29, 0.717) is 12.4 Å². The molecule has 6 nitrogen and oxygen atoms in total. The monoisotopic (exact) mass is 261 g/mol. The molecule has 19 heavy (non-hydrogen) atoms. The van der Waals surface area contributed by atoms with Crippen molar-refractivity contribution in [1.29, 1.82) is 0 Å². The predicted octanol–water partition coefficient (Wildman–Crippen LogP) is 0.780. The van der Waals surface area contributed by atoms with E-state index in [0.717, 1.165) is 17.7 Å². The van der Waals surface area contributed by atoms with E-state index in [1.54, 1.807) is 0 Å². The Balaban J connectivity index is 1.79. The van der Waals surface area contributed by atoms with E-state index in [1.165, 1.54) is 0 Å². The molecule has 0 saturated carbocycles. The molecule has 1 aromatic heterocycles. The molecule has 3 rings (SSSR count). The fourth-order valence-corrected chi connectivity index (χ4v) is 2.14. The number of benzene rings is 1. The lowest BCUT2D eigenvalue weighted by atomic mass is 9.96. The second-order valence-electron chi connectivity index (χ2n) is 4.60. The van der Waals surface area contributed by atoms with Crippen molar-refractivity contribution in [3.8, 4) is 5.75 Å². The van der Waals surface area contributed by atoms with Crippen LogP contribution in [0.2, 0.25) is 0 Å². The number of aliphatic hydroxyl groups excluding tert-OH is 1. The lowest BCUT2D eigenvalue weighted by molar-refractivity contribution is 0.234. The van der Waals surface area contributed by atoms with Crippen LogP contribution in [0.4, 0.5) is 0 Å². The molecule has 0 radical (unpaired) electrons. The maximum atomic E-state index is 8.96. The van der Waals surface area contributed by atoms with Crippen LogP contribution in [-0.4, -0.2) is 28.5 Å². The van der Waals surface area contributed by atoms with Crippen molar-refractivity contribution >= 4 is 0 Å². The molecule has 0 amide bonds. The normalized spacial score (nSPS) is 19.6. The van der Waals surface area contributed by atoms with Gasteiger partial charge in [-0.05, 0) is 18.1 Å². The van der Waals surface area contributed by atoms with E-state index < -0.39 is 6.04 Å². The second kappa shape index (κ2) is 4.99. The number of nitrogens with zero attached hydrogens (tertiary/aromatic N) is 2. The molecule has 100 valence electrons. The number of nitrogens with two attached hydrogens (primary N) is 1. The zero-order valence-corrected chi connectivity index (χ0v) is 10.3. The van der Waals surface area contributed by atoms with Crippen LogP contribution < -0.4 is 10.5 Å². The maximum Gasteiger partial charge on any atom is 0.245 e. The first-order valence-electron chi connectivity index (χ1n) is 6.18. The van der Waals surface area contributed by atoms with Crippen molar-refractivity contribution in [2.45, 2.75) is 18.4 Å². The number of aromatic nitrogens is 2. The second-order valence-corrected chi connectivity index (χ2v) is 4.60. The lowest BCUT2D eigenvalue weighted by Crippen LogP contribution is -2.20. The van der Waals surface area contributed by atoms with Crippen LogP contribution >= 0.6 is 0 Å². The van der Waals surface area contributed by atoms with Crippen LogP contribution in [0.15, 0.2) is 28.8 Å². The van der Waals surface area contributed by atoms with Crippen LogP contribution in [0, 0.1) is 0 Å². The number of aliphatic hydroxyl groups is 1. The molecule has 0 saturated heterocycles. The molecule has 0 aliphatic carbocycles. The summed E-state index contributed by atoms with van der Waals surface area (Å²) in [7, 11) is 0. The number of fused-ring (bicyclic) bond motifs is 1. The predicted molar refractivity (Wildman–Crippen MR) is 66.7 cm³/mol. The van der Waals surface area contributed by atoms with Gasteiger partial charge in [0.2, 0.25) is 5.89 Å². The minimum Gasteiger partial charge on any atom is -0.493 e. The largest absolute Gasteiger partial charge is 0.493 e. The summed E-state index contributed by atoms with van der Waals surface area (Å²) in [6.45, 7) is 0.302. The Kier molecular flexibility index (Phi) is 3.18. The topological polar surface area (TPSA) is 94.4 Å². The van der Waals surface area contributed by atoms with E-state index in [9.17, 15) is 0 Å². The van der Waals surface area contributed by atoms with E-state index in [2.05, 4.69) is 10.1 Å². The zero-order chi connectivity index (χ0) is 13.2. The average Bonchev–Trinajstić information content (AvgIpc) is 2.95. The SMILES string of the molecule is NC(CO)c1nc(C2COc3ccccc3C2)no1. The van der Waals surface area contributed by atoms with Crippen LogP contribution in [0.1, 0.15) is 29.2 Å². The third-order valence-corrected chi connectivity index (χ3v) is 3.22. The van der Waals surface area contributed by atoms with Gasteiger partial charge in [-0.1, -0.05) is 23.4 Å². The molecule has 2 unspecified atom stereocenters. The van der Waals surface area contributed by atoms with Crippen molar-refractivity contribution in [2.24, 2.45) is 5.73 Å². The fourth-order valence-electron chi connectivity index (χ4n) is 2.14. The standard InChI is InChI=1S/C13H15N3O3/c14-10(6-17)13-15-12(16-19-13)9-5-8-3-1-2-4-11(8)18-7-9/h1-4,9-10,17H,5-7,14H2. The van der Waals surface area contributed by atoms with Gasteiger partial charge in [-0.15, -0.1) is 0 Å². The van der Waals surface area contributed by atoms with Crippen LogP contribution in [-0.2, 0) is 6.42 Å². The molecule has 1 aromatic carbocycles. The molecular weight excluding hydrogens is 246 g/mol. The van der Waals surface area contributed by atoms with Crippen molar-refractivity contribution < 1.29 is 14.4 Å². The number of rotatable bonds is 3. The summed E-state index contributed by atoms with van der Waals surface area (Å²) < 4.78 is 10.7. The van der Waals surface area contributed by atoms with Gasteiger partial charge in [0.25, 0.3) is 0 Å². The van der Waals surface area contributed by atoms with E-state index in [1.807, 2.05) is 24.3 Å². The number of para-hydroxylation sites is 1.